The molecule has 0 amide bonds. The zero-order valence-corrected chi connectivity index (χ0v) is 14.6. The molecular formula is C17H18ClN7. The molecule has 0 bridgehead atoms. The Hall–Kier alpha value is -2.67. The third-order valence-corrected chi connectivity index (χ3v) is 4.61. The van der Waals surface area contributed by atoms with Crippen LogP contribution >= 0.6 is 11.6 Å². The average molecular weight is 356 g/mol. The van der Waals surface area contributed by atoms with Crippen molar-refractivity contribution in [3.8, 4) is 11.3 Å². The van der Waals surface area contributed by atoms with Crippen LogP contribution in [0.25, 0.3) is 11.3 Å². The summed E-state index contributed by atoms with van der Waals surface area (Å²) in [5.74, 6) is 0.891. The number of nitrogens with zero attached hydrogens (tertiary/aromatic N) is 7. The van der Waals surface area contributed by atoms with E-state index in [4.69, 9.17) is 16.6 Å². The highest BCUT2D eigenvalue weighted by Gasteiger charge is 2.20. The number of hydrogen-bond donors (Lipinski definition) is 0. The zero-order chi connectivity index (χ0) is 17.2. The molecule has 128 valence electrons. The van der Waals surface area contributed by atoms with E-state index in [1.807, 2.05) is 25.5 Å². The van der Waals surface area contributed by atoms with Crippen molar-refractivity contribution in [1.82, 2.24) is 24.7 Å². The second-order valence-electron chi connectivity index (χ2n) is 5.97. The van der Waals surface area contributed by atoms with Gasteiger partial charge in [0.25, 0.3) is 0 Å². The van der Waals surface area contributed by atoms with E-state index in [0.29, 0.717) is 5.02 Å². The van der Waals surface area contributed by atoms with Crippen LogP contribution in [-0.2, 0) is 7.05 Å². The smallest absolute Gasteiger partial charge is 0.147 e. The molecule has 0 radical (unpaired) electrons. The predicted octanol–water partition coefficient (Wildman–Crippen LogP) is 2.25. The highest BCUT2D eigenvalue weighted by molar-refractivity contribution is 6.33. The van der Waals surface area contributed by atoms with E-state index >= 15 is 0 Å². The lowest BCUT2D eigenvalue weighted by Gasteiger charge is -2.36. The first-order valence-electron chi connectivity index (χ1n) is 8.11. The van der Waals surface area contributed by atoms with Crippen LogP contribution in [-0.4, -0.2) is 50.9 Å². The van der Waals surface area contributed by atoms with Crippen LogP contribution in [0.5, 0.6) is 0 Å². The summed E-state index contributed by atoms with van der Waals surface area (Å²) in [6.07, 6.45) is 10.8. The topological polar surface area (TPSA) is 63.0 Å². The Bertz CT molecular complexity index is 871. The van der Waals surface area contributed by atoms with Gasteiger partial charge in [0, 0.05) is 57.4 Å². The van der Waals surface area contributed by atoms with Gasteiger partial charge in [-0.15, -0.1) is 0 Å². The molecule has 0 aliphatic carbocycles. The second-order valence-corrected chi connectivity index (χ2v) is 6.37. The minimum Gasteiger partial charge on any atom is -0.367 e. The van der Waals surface area contributed by atoms with E-state index in [2.05, 4.69) is 24.9 Å². The molecule has 0 spiro atoms. The van der Waals surface area contributed by atoms with Gasteiger partial charge in [-0.1, -0.05) is 11.6 Å². The van der Waals surface area contributed by atoms with Gasteiger partial charge in [0.15, 0.2) is 0 Å². The highest BCUT2D eigenvalue weighted by atomic mass is 35.5. The number of hydrogen-bond acceptors (Lipinski definition) is 6. The SMILES string of the molecule is Cn1cc(-c2cncc(N3CCN(c4ccncc4Cl)CC3)n2)cn1. The summed E-state index contributed by atoms with van der Waals surface area (Å²) < 4.78 is 1.76. The molecule has 1 aliphatic heterocycles. The van der Waals surface area contributed by atoms with Crippen molar-refractivity contribution in [1.29, 1.82) is 0 Å². The summed E-state index contributed by atoms with van der Waals surface area (Å²) in [6.45, 7) is 3.48. The number of rotatable bonds is 3. The summed E-state index contributed by atoms with van der Waals surface area (Å²) in [5.41, 5.74) is 2.84. The summed E-state index contributed by atoms with van der Waals surface area (Å²) in [4.78, 5) is 17.7. The van der Waals surface area contributed by atoms with Crippen molar-refractivity contribution >= 4 is 23.1 Å². The number of piperazine rings is 1. The Morgan fingerprint density at radius 2 is 1.76 bits per heavy atom. The first kappa shape index (κ1) is 15.8. The number of aryl methyl sites for hydroxylation is 1. The first-order chi connectivity index (χ1) is 12.2. The Kier molecular flexibility index (Phi) is 4.23. The molecule has 1 fully saturated rings. The molecule has 25 heavy (non-hydrogen) atoms. The predicted molar refractivity (Wildman–Crippen MR) is 97.9 cm³/mol. The van der Waals surface area contributed by atoms with E-state index in [0.717, 1.165) is 48.9 Å². The number of halogens is 1. The van der Waals surface area contributed by atoms with Gasteiger partial charge >= 0.3 is 0 Å². The summed E-state index contributed by atoms with van der Waals surface area (Å²) >= 11 is 6.25. The fourth-order valence-electron chi connectivity index (χ4n) is 3.00. The first-order valence-corrected chi connectivity index (χ1v) is 8.49. The molecule has 1 aliphatic rings. The van der Waals surface area contributed by atoms with Gasteiger partial charge in [-0.05, 0) is 6.07 Å². The van der Waals surface area contributed by atoms with Crippen LogP contribution in [0.2, 0.25) is 5.02 Å². The lowest BCUT2D eigenvalue weighted by molar-refractivity contribution is 0.646. The molecular weight excluding hydrogens is 338 g/mol. The highest BCUT2D eigenvalue weighted by Crippen LogP contribution is 2.26. The molecule has 0 N–H and O–H groups in total. The molecule has 7 nitrogen and oxygen atoms in total. The molecule has 8 heteroatoms. The molecule has 4 rings (SSSR count). The summed E-state index contributed by atoms with van der Waals surface area (Å²) in [6, 6.07) is 1.96. The van der Waals surface area contributed by atoms with Crippen LogP contribution in [0.1, 0.15) is 0 Å². The standard InChI is InChI=1S/C17H18ClN7/c1-23-12-13(8-21-23)15-10-20-11-17(22-15)25-6-4-24(5-7-25)16-2-3-19-9-14(16)18/h2-3,8-12H,4-7H2,1H3. The van der Waals surface area contributed by atoms with Gasteiger partial charge in [-0.2, -0.15) is 5.10 Å². The van der Waals surface area contributed by atoms with Crippen molar-refractivity contribution in [2.75, 3.05) is 36.0 Å². The zero-order valence-electron chi connectivity index (χ0n) is 13.9. The minimum atomic E-state index is 0.689. The van der Waals surface area contributed by atoms with Crippen LogP contribution in [0, 0.1) is 0 Å². The van der Waals surface area contributed by atoms with Crippen LogP contribution < -0.4 is 9.80 Å². The molecule has 0 saturated carbocycles. The third kappa shape index (κ3) is 3.28. The lowest BCUT2D eigenvalue weighted by Crippen LogP contribution is -2.47. The van der Waals surface area contributed by atoms with Crippen LogP contribution in [0.15, 0.2) is 43.2 Å². The largest absolute Gasteiger partial charge is 0.367 e. The van der Waals surface area contributed by atoms with Crippen LogP contribution in [0.3, 0.4) is 0 Å². The van der Waals surface area contributed by atoms with Gasteiger partial charge in [0.05, 0.1) is 35.0 Å². The molecule has 0 atom stereocenters. The van der Waals surface area contributed by atoms with E-state index in [1.165, 1.54) is 0 Å². The van der Waals surface area contributed by atoms with Gasteiger partial charge in [-0.25, -0.2) is 4.98 Å². The normalized spacial score (nSPS) is 14.8. The Labute approximate surface area is 150 Å². The Morgan fingerprint density at radius 1 is 0.960 bits per heavy atom. The number of aromatic nitrogens is 5. The van der Waals surface area contributed by atoms with Gasteiger partial charge in [0.2, 0.25) is 0 Å². The molecule has 3 aromatic rings. The lowest BCUT2D eigenvalue weighted by atomic mass is 10.2. The van der Waals surface area contributed by atoms with E-state index in [9.17, 15) is 0 Å². The van der Waals surface area contributed by atoms with Crippen molar-refractivity contribution < 1.29 is 0 Å². The van der Waals surface area contributed by atoms with E-state index in [-0.39, 0.29) is 0 Å². The quantitative estimate of drug-likeness (QED) is 0.718. The van der Waals surface area contributed by atoms with Crippen molar-refractivity contribution in [3.05, 3.63) is 48.3 Å². The van der Waals surface area contributed by atoms with Gasteiger partial charge in [-0.3, -0.25) is 14.6 Å². The van der Waals surface area contributed by atoms with Crippen LogP contribution in [0.4, 0.5) is 11.5 Å². The van der Waals surface area contributed by atoms with Crippen molar-refractivity contribution in [2.24, 2.45) is 7.05 Å². The molecule has 1 saturated heterocycles. The molecule has 0 unspecified atom stereocenters. The fraction of sp³-hybridized carbons (Fsp3) is 0.294. The number of anilines is 2. The monoisotopic (exact) mass is 355 g/mol. The van der Waals surface area contributed by atoms with E-state index in [1.54, 1.807) is 29.5 Å². The minimum absolute atomic E-state index is 0.689. The summed E-state index contributed by atoms with van der Waals surface area (Å²) in [7, 11) is 1.89. The third-order valence-electron chi connectivity index (χ3n) is 4.32. The second kappa shape index (κ2) is 6.68. The maximum absolute atomic E-state index is 6.25. The van der Waals surface area contributed by atoms with Crippen molar-refractivity contribution in [3.63, 3.8) is 0 Å². The Morgan fingerprint density at radius 3 is 2.48 bits per heavy atom. The molecule has 3 aromatic heterocycles. The van der Waals surface area contributed by atoms with Crippen molar-refractivity contribution in [2.45, 2.75) is 0 Å². The van der Waals surface area contributed by atoms with E-state index < -0.39 is 0 Å². The fourth-order valence-corrected chi connectivity index (χ4v) is 3.24. The van der Waals surface area contributed by atoms with Gasteiger partial charge in [0.1, 0.15) is 5.82 Å². The Balaban J connectivity index is 1.49. The molecule has 0 aromatic carbocycles. The summed E-state index contributed by atoms with van der Waals surface area (Å²) in [5, 5.41) is 4.89. The average Bonchev–Trinajstić information content (AvgIpc) is 3.09. The maximum atomic E-state index is 6.25. The van der Waals surface area contributed by atoms with Gasteiger partial charge < -0.3 is 9.80 Å². The maximum Gasteiger partial charge on any atom is 0.147 e. The molecule has 4 heterocycles. The number of pyridine rings is 1.